The molecule has 1 aliphatic carbocycles. The van der Waals surface area contributed by atoms with E-state index in [0.29, 0.717) is 0 Å². The van der Waals surface area contributed by atoms with Crippen molar-refractivity contribution in [2.24, 2.45) is 4.99 Å². The quantitative estimate of drug-likeness (QED) is 0.414. The van der Waals surface area contributed by atoms with E-state index < -0.39 is 0 Å². The molecule has 0 aliphatic heterocycles. The summed E-state index contributed by atoms with van der Waals surface area (Å²) < 4.78 is 5.53. The third-order valence-corrected chi connectivity index (χ3v) is 5.11. The lowest BCUT2D eigenvalue weighted by molar-refractivity contribution is 0.403. The predicted octanol–water partition coefficient (Wildman–Crippen LogP) is 3.04. The Bertz CT molecular complexity index is 515. The van der Waals surface area contributed by atoms with Gasteiger partial charge in [0, 0.05) is 31.1 Å². The van der Waals surface area contributed by atoms with E-state index in [0.717, 1.165) is 24.8 Å². The van der Waals surface area contributed by atoms with Gasteiger partial charge in [-0.3, -0.25) is 4.99 Å². The van der Waals surface area contributed by atoms with E-state index in [9.17, 15) is 0 Å². The summed E-state index contributed by atoms with van der Waals surface area (Å²) in [7, 11) is 3.58. The van der Waals surface area contributed by atoms with Gasteiger partial charge in [-0.15, -0.1) is 0 Å². The molecule has 1 fully saturated rings. The Labute approximate surface area is 144 Å². The monoisotopic (exact) mass is 335 g/mol. The minimum Gasteiger partial charge on any atom is -0.496 e. The first-order valence-electron chi connectivity index (χ1n) is 8.33. The van der Waals surface area contributed by atoms with Crippen LogP contribution in [0.3, 0.4) is 0 Å². The van der Waals surface area contributed by atoms with Gasteiger partial charge < -0.3 is 15.4 Å². The first kappa shape index (κ1) is 18.0. The van der Waals surface area contributed by atoms with Crippen molar-refractivity contribution >= 4 is 17.7 Å². The Balaban J connectivity index is 1.84. The highest BCUT2D eigenvalue weighted by Gasteiger charge is 2.45. The van der Waals surface area contributed by atoms with Crippen molar-refractivity contribution in [3.05, 3.63) is 29.8 Å². The van der Waals surface area contributed by atoms with Crippen LogP contribution in [0, 0.1) is 0 Å². The van der Waals surface area contributed by atoms with E-state index in [4.69, 9.17) is 4.74 Å². The zero-order chi connectivity index (χ0) is 16.5. The lowest BCUT2D eigenvalue weighted by Gasteiger charge is -2.21. The third-order valence-electron chi connectivity index (χ3n) is 4.42. The number of ether oxygens (including phenoxy) is 1. The van der Waals surface area contributed by atoms with Crippen molar-refractivity contribution < 1.29 is 4.74 Å². The number of nitrogens with zero attached hydrogens (tertiary/aromatic N) is 1. The summed E-state index contributed by atoms with van der Waals surface area (Å²) in [5.74, 6) is 3.12. The largest absolute Gasteiger partial charge is 0.496 e. The number of thioether (sulfide) groups is 1. The summed E-state index contributed by atoms with van der Waals surface area (Å²) in [5, 5.41) is 6.90. The molecule has 0 heterocycles. The van der Waals surface area contributed by atoms with Gasteiger partial charge in [-0.05, 0) is 43.8 Å². The number of para-hydroxylation sites is 1. The fourth-order valence-corrected chi connectivity index (χ4v) is 3.32. The van der Waals surface area contributed by atoms with Gasteiger partial charge in [-0.25, -0.2) is 0 Å². The molecule has 2 N–H and O–H groups in total. The van der Waals surface area contributed by atoms with Crippen LogP contribution in [0.4, 0.5) is 0 Å². The zero-order valence-electron chi connectivity index (χ0n) is 14.5. The summed E-state index contributed by atoms with van der Waals surface area (Å²) >= 11 is 1.90. The molecule has 4 nitrogen and oxygen atoms in total. The van der Waals surface area contributed by atoms with Gasteiger partial charge in [-0.1, -0.05) is 18.2 Å². The van der Waals surface area contributed by atoms with Crippen LogP contribution in [0.25, 0.3) is 0 Å². The van der Waals surface area contributed by atoms with E-state index in [1.807, 2.05) is 30.9 Å². The van der Waals surface area contributed by atoms with E-state index >= 15 is 0 Å². The fourth-order valence-electron chi connectivity index (χ4n) is 2.83. The number of benzene rings is 1. The molecule has 2 rings (SSSR count). The van der Waals surface area contributed by atoms with Crippen LogP contribution < -0.4 is 15.4 Å². The number of hydrogen-bond acceptors (Lipinski definition) is 3. The molecule has 0 amide bonds. The van der Waals surface area contributed by atoms with E-state index in [2.05, 4.69) is 34.0 Å². The molecule has 0 aromatic heterocycles. The second-order valence-corrected chi connectivity index (χ2v) is 7.02. The van der Waals surface area contributed by atoms with Gasteiger partial charge >= 0.3 is 0 Å². The second kappa shape index (κ2) is 9.06. The molecule has 0 spiro atoms. The SMILES string of the molecule is CN=C(NCCCCSC)NCC1(c2ccccc2OC)CC1. The average molecular weight is 336 g/mol. The number of hydrogen-bond donors (Lipinski definition) is 2. The maximum atomic E-state index is 5.53. The Hall–Kier alpha value is -1.36. The number of guanidine groups is 1. The van der Waals surface area contributed by atoms with E-state index in [1.54, 1.807) is 7.11 Å². The Morgan fingerprint density at radius 3 is 2.70 bits per heavy atom. The number of methoxy groups -OCH3 is 1. The van der Waals surface area contributed by atoms with Crippen molar-refractivity contribution in [2.75, 3.05) is 39.3 Å². The maximum absolute atomic E-state index is 5.53. The van der Waals surface area contributed by atoms with Gasteiger partial charge in [0.05, 0.1) is 7.11 Å². The fraction of sp³-hybridized carbons (Fsp3) is 0.611. The van der Waals surface area contributed by atoms with Crippen molar-refractivity contribution in [3.8, 4) is 5.75 Å². The lowest BCUT2D eigenvalue weighted by Crippen LogP contribution is -2.41. The van der Waals surface area contributed by atoms with Gasteiger partial charge in [0.25, 0.3) is 0 Å². The highest BCUT2D eigenvalue weighted by Crippen LogP contribution is 2.50. The zero-order valence-corrected chi connectivity index (χ0v) is 15.3. The van der Waals surface area contributed by atoms with Crippen LogP contribution >= 0.6 is 11.8 Å². The number of nitrogens with one attached hydrogen (secondary N) is 2. The van der Waals surface area contributed by atoms with Crippen molar-refractivity contribution in [1.82, 2.24) is 10.6 Å². The van der Waals surface area contributed by atoms with Crippen LogP contribution in [0.1, 0.15) is 31.2 Å². The van der Waals surface area contributed by atoms with Crippen LogP contribution in [0.5, 0.6) is 5.75 Å². The Morgan fingerprint density at radius 1 is 1.26 bits per heavy atom. The van der Waals surface area contributed by atoms with Crippen LogP contribution in [-0.4, -0.2) is 45.2 Å². The normalized spacial score (nSPS) is 16.0. The van der Waals surface area contributed by atoms with Gasteiger partial charge in [0.1, 0.15) is 5.75 Å². The summed E-state index contributed by atoms with van der Waals surface area (Å²) in [4.78, 5) is 4.33. The minimum absolute atomic E-state index is 0.197. The average Bonchev–Trinajstić information content (AvgIpc) is 3.38. The molecule has 0 radical (unpaired) electrons. The molecular weight excluding hydrogens is 306 g/mol. The van der Waals surface area contributed by atoms with Crippen LogP contribution in [0.2, 0.25) is 0 Å². The molecule has 0 atom stereocenters. The minimum atomic E-state index is 0.197. The molecule has 1 aliphatic rings. The molecule has 1 aromatic rings. The second-order valence-electron chi connectivity index (χ2n) is 6.03. The summed E-state index contributed by atoms with van der Waals surface area (Å²) in [5.41, 5.74) is 1.51. The third kappa shape index (κ3) is 5.06. The summed E-state index contributed by atoms with van der Waals surface area (Å²) in [6.45, 7) is 1.87. The molecule has 128 valence electrons. The number of rotatable bonds is 9. The first-order valence-corrected chi connectivity index (χ1v) is 9.72. The smallest absolute Gasteiger partial charge is 0.191 e. The summed E-state index contributed by atoms with van der Waals surface area (Å²) in [6, 6.07) is 8.36. The van der Waals surface area contributed by atoms with Crippen molar-refractivity contribution in [3.63, 3.8) is 0 Å². The number of unbranched alkanes of at least 4 members (excludes halogenated alkanes) is 1. The molecule has 0 saturated heterocycles. The van der Waals surface area contributed by atoms with Gasteiger partial charge in [0.2, 0.25) is 0 Å². The van der Waals surface area contributed by atoms with Crippen molar-refractivity contribution in [2.45, 2.75) is 31.1 Å². The Kier molecular flexibility index (Phi) is 7.09. The highest BCUT2D eigenvalue weighted by molar-refractivity contribution is 7.98. The van der Waals surface area contributed by atoms with Gasteiger partial charge in [-0.2, -0.15) is 11.8 Å². The lowest BCUT2D eigenvalue weighted by atomic mass is 9.95. The van der Waals surface area contributed by atoms with Crippen LogP contribution in [-0.2, 0) is 5.41 Å². The first-order chi connectivity index (χ1) is 11.3. The highest BCUT2D eigenvalue weighted by atomic mass is 32.2. The molecule has 0 bridgehead atoms. The maximum Gasteiger partial charge on any atom is 0.191 e. The molecule has 0 unspecified atom stereocenters. The van der Waals surface area contributed by atoms with E-state index in [1.165, 1.54) is 37.0 Å². The van der Waals surface area contributed by atoms with Gasteiger partial charge in [0.15, 0.2) is 5.96 Å². The molecule has 23 heavy (non-hydrogen) atoms. The van der Waals surface area contributed by atoms with Crippen molar-refractivity contribution in [1.29, 1.82) is 0 Å². The van der Waals surface area contributed by atoms with Crippen LogP contribution in [0.15, 0.2) is 29.3 Å². The summed E-state index contributed by atoms with van der Waals surface area (Å²) in [6.07, 6.45) is 6.98. The number of aliphatic imine (C=N–C) groups is 1. The molecular formula is C18H29N3OS. The standard InChI is InChI=1S/C18H29N3OS/c1-19-17(20-12-6-7-13-23-3)21-14-18(10-11-18)15-8-4-5-9-16(15)22-2/h4-5,8-9H,6-7,10-14H2,1-3H3,(H2,19,20,21). The predicted molar refractivity (Wildman–Crippen MR) is 101 cm³/mol. The van der Waals surface area contributed by atoms with E-state index in [-0.39, 0.29) is 5.41 Å². The topological polar surface area (TPSA) is 45.7 Å². The molecule has 1 aromatic carbocycles. The molecule has 5 heteroatoms. The Morgan fingerprint density at radius 2 is 2.04 bits per heavy atom. The molecule has 1 saturated carbocycles.